The van der Waals surface area contributed by atoms with Crippen molar-refractivity contribution in [2.45, 2.75) is 6.54 Å². The van der Waals surface area contributed by atoms with Gasteiger partial charge in [0.1, 0.15) is 5.82 Å². The molecule has 1 heterocycles. The summed E-state index contributed by atoms with van der Waals surface area (Å²) in [5.41, 5.74) is 1.02. The summed E-state index contributed by atoms with van der Waals surface area (Å²) >= 11 is 0. The largest absolute Gasteiger partial charge is 0.395 e. The van der Waals surface area contributed by atoms with Crippen LogP contribution < -0.4 is 0 Å². The van der Waals surface area contributed by atoms with Gasteiger partial charge in [-0.15, -0.1) is 10.2 Å². The molecule has 2 N–H and O–H groups in total. The summed E-state index contributed by atoms with van der Waals surface area (Å²) in [4.78, 5) is 1.94. The van der Waals surface area contributed by atoms with Gasteiger partial charge in [0.25, 0.3) is 0 Å². The highest BCUT2D eigenvalue weighted by Gasteiger charge is 2.13. The maximum atomic E-state index is 9.03. The lowest BCUT2D eigenvalue weighted by molar-refractivity contribution is 0.152. The maximum Gasteiger partial charge on any atom is 0.163 e. The van der Waals surface area contributed by atoms with Crippen LogP contribution >= 0.6 is 0 Å². The van der Waals surface area contributed by atoms with E-state index in [2.05, 4.69) is 10.2 Å². The molecule has 0 aliphatic heterocycles. The molecule has 2 rings (SSSR count). The molecule has 20 heavy (non-hydrogen) atoms. The van der Waals surface area contributed by atoms with Crippen LogP contribution in [0.5, 0.6) is 0 Å². The Morgan fingerprint density at radius 2 is 1.70 bits per heavy atom. The minimum absolute atomic E-state index is 0.0589. The first-order chi connectivity index (χ1) is 9.76. The zero-order valence-corrected chi connectivity index (χ0v) is 11.6. The number of aliphatic hydroxyl groups is 2. The van der Waals surface area contributed by atoms with Crippen LogP contribution in [-0.4, -0.2) is 56.2 Å². The van der Waals surface area contributed by atoms with Crippen molar-refractivity contribution >= 4 is 0 Å². The third kappa shape index (κ3) is 3.41. The van der Waals surface area contributed by atoms with E-state index in [9.17, 15) is 0 Å². The highest BCUT2D eigenvalue weighted by Crippen LogP contribution is 2.17. The van der Waals surface area contributed by atoms with Gasteiger partial charge < -0.3 is 14.8 Å². The van der Waals surface area contributed by atoms with Crippen LogP contribution in [0, 0.1) is 0 Å². The molecule has 0 saturated carbocycles. The first-order valence-electron chi connectivity index (χ1n) is 6.64. The lowest BCUT2D eigenvalue weighted by Gasteiger charge is -2.19. The van der Waals surface area contributed by atoms with E-state index >= 15 is 0 Å². The van der Waals surface area contributed by atoms with Crippen molar-refractivity contribution in [3.05, 3.63) is 36.2 Å². The highest BCUT2D eigenvalue weighted by atomic mass is 16.3. The van der Waals surface area contributed by atoms with Gasteiger partial charge in [0.15, 0.2) is 5.82 Å². The van der Waals surface area contributed by atoms with Crippen LogP contribution in [0.1, 0.15) is 5.82 Å². The SMILES string of the molecule is Cn1c(CN(CCO)CCO)nnc1-c1ccccc1. The Morgan fingerprint density at radius 1 is 1.05 bits per heavy atom. The number of benzene rings is 1. The van der Waals surface area contributed by atoms with Crippen molar-refractivity contribution in [1.82, 2.24) is 19.7 Å². The summed E-state index contributed by atoms with van der Waals surface area (Å²) in [6.45, 7) is 1.69. The zero-order chi connectivity index (χ0) is 14.4. The molecule has 0 bridgehead atoms. The second kappa shape index (κ2) is 7.14. The Balaban J connectivity index is 2.16. The Morgan fingerprint density at radius 3 is 2.30 bits per heavy atom. The summed E-state index contributed by atoms with van der Waals surface area (Å²) in [6, 6.07) is 9.88. The molecule has 2 aromatic rings. The predicted molar refractivity (Wildman–Crippen MR) is 75.9 cm³/mol. The molecule has 0 unspecified atom stereocenters. The Labute approximate surface area is 118 Å². The second-order valence-corrected chi connectivity index (χ2v) is 4.59. The fourth-order valence-electron chi connectivity index (χ4n) is 2.09. The zero-order valence-electron chi connectivity index (χ0n) is 11.6. The van der Waals surface area contributed by atoms with E-state index in [1.807, 2.05) is 46.8 Å². The number of rotatable bonds is 7. The first-order valence-corrected chi connectivity index (χ1v) is 6.64. The monoisotopic (exact) mass is 276 g/mol. The normalized spacial score (nSPS) is 11.2. The average molecular weight is 276 g/mol. The molecule has 0 aliphatic carbocycles. The fraction of sp³-hybridized carbons (Fsp3) is 0.429. The van der Waals surface area contributed by atoms with Crippen molar-refractivity contribution in [3.8, 4) is 11.4 Å². The summed E-state index contributed by atoms with van der Waals surface area (Å²) < 4.78 is 1.94. The summed E-state index contributed by atoms with van der Waals surface area (Å²) in [7, 11) is 1.92. The average Bonchev–Trinajstić information content (AvgIpc) is 2.82. The summed E-state index contributed by atoms with van der Waals surface area (Å²) in [5.74, 6) is 1.62. The number of aliphatic hydroxyl groups excluding tert-OH is 2. The van der Waals surface area contributed by atoms with Gasteiger partial charge in [-0.25, -0.2) is 0 Å². The molecule has 108 valence electrons. The van der Waals surface area contributed by atoms with Crippen LogP contribution in [0.3, 0.4) is 0 Å². The lowest BCUT2D eigenvalue weighted by Crippen LogP contribution is -2.30. The Bertz CT molecular complexity index is 521. The van der Waals surface area contributed by atoms with Crippen LogP contribution in [-0.2, 0) is 13.6 Å². The van der Waals surface area contributed by atoms with Crippen LogP contribution in [0.15, 0.2) is 30.3 Å². The van der Waals surface area contributed by atoms with Crippen LogP contribution in [0.25, 0.3) is 11.4 Å². The van der Waals surface area contributed by atoms with Gasteiger partial charge in [-0.2, -0.15) is 0 Å². The summed E-state index contributed by atoms with van der Waals surface area (Å²) in [5, 5.41) is 26.5. The van der Waals surface area contributed by atoms with Gasteiger partial charge in [-0.3, -0.25) is 4.90 Å². The standard InChI is InChI=1S/C14H20N4O2/c1-17-13(11-18(7-9-19)8-10-20)15-16-14(17)12-5-3-2-4-6-12/h2-6,19-20H,7-11H2,1H3. The molecule has 0 aliphatic rings. The second-order valence-electron chi connectivity index (χ2n) is 4.59. The minimum atomic E-state index is 0.0589. The molecule has 0 saturated heterocycles. The fourth-order valence-corrected chi connectivity index (χ4v) is 2.09. The third-order valence-electron chi connectivity index (χ3n) is 3.19. The van der Waals surface area contributed by atoms with Gasteiger partial charge >= 0.3 is 0 Å². The lowest BCUT2D eigenvalue weighted by atomic mass is 10.2. The number of nitrogens with zero attached hydrogens (tertiary/aromatic N) is 4. The molecule has 0 fully saturated rings. The van der Waals surface area contributed by atoms with Crippen LogP contribution in [0.4, 0.5) is 0 Å². The van der Waals surface area contributed by atoms with E-state index in [-0.39, 0.29) is 13.2 Å². The van der Waals surface area contributed by atoms with Gasteiger partial charge in [0.05, 0.1) is 19.8 Å². The van der Waals surface area contributed by atoms with E-state index in [0.29, 0.717) is 19.6 Å². The van der Waals surface area contributed by atoms with E-state index in [1.54, 1.807) is 0 Å². The quantitative estimate of drug-likeness (QED) is 0.759. The number of hydrogen-bond acceptors (Lipinski definition) is 5. The number of hydrogen-bond donors (Lipinski definition) is 2. The van der Waals surface area contributed by atoms with Crippen molar-refractivity contribution in [3.63, 3.8) is 0 Å². The van der Waals surface area contributed by atoms with Gasteiger partial charge in [-0.1, -0.05) is 30.3 Å². The summed E-state index contributed by atoms with van der Waals surface area (Å²) in [6.07, 6.45) is 0. The molecule has 0 radical (unpaired) electrons. The van der Waals surface area contributed by atoms with Crippen molar-refractivity contribution in [2.75, 3.05) is 26.3 Å². The Kier molecular flexibility index (Phi) is 5.23. The van der Waals surface area contributed by atoms with Crippen molar-refractivity contribution in [1.29, 1.82) is 0 Å². The van der Waals surface area contributed by atoms with Gasteiger partial charge in [-0.05, 0) is 0 Å². The van der Waals surface area contributed by atoms with Gasteiger partial charge in [0.2, 0.25) is 0 Å². The molecule has 0 amide bonds. The molecule has 1 aromatic heterocycles. The van der Waals surface area contributed by atoms with E-state index in [0.717, 1.165) is 17.2 Å². The van der Waals surface area contributed by atoms with Crippen LogP contribution in [0.2, 0.25) is 0 Å². The molecule has 1 aromatic carbocycles. The Hall–Kier alpha value is -1.76. The highest BCUT2D eigenvalue weighted by molar-refractivity contribution is 5.54. The topological polar surface area (TPSA) is 74.4 Å². The molecule has 0 atom stereocenters. The first kappa shape index (κ1) is 14.6. The molecule has 0 spiro atoms. The molecule has 6 heteroatoms. The maximum absolute atomic E-state index is 9.03. The minimum Gasteiger partial charge on any atom is -0.395 e. The number of aromatic nitrogens is 3. The van der Waals surface area contributed by atoms with E-state index < -0.39 is 0 Å². The third-order valence-corrected chi connectivity index (χ3v) is 3.19. The molecular formula is C14H20N4O2. The van der Waals surface area contributed by atoms with Crippen molar-refractivity contribution < 1.29 is 10.2 Å². The smallest absolute Gasteiger partial charge is 0.163 e. The van der Waals surface area contributed by atoms with Gasteiger partial charge in [0, 0.05) is 25.7 Å². The molecular weight excluding hydrogens is 256 g/mol. The predicted octanol–water partition coefficient (Wildman–Crippen LogP) is 0.269. The van der Waals surface area contributed by atoms with Crippen molar-refractivity contribution in [2.24, 2.45) is 7.05 Å². The van der Waals surface area contributed by atoms with E-state index in [4.69, 9.17) is 10.2 Å². The van der Waals surface area contributed by atoms with E-state index in [1.165, 1.54) is 0 Å². The molecule has 6 nitrogen and oxygen atoms in total.